The van der Waals surface area contributed by atoms with E-state index in [-0.39, 0.29) is 11.5 Å². The van der Waals surface area contributed by atoms with Gasteiger partial charge in [-0.25, -0.2) is 0 Å². The maximum Gasteiger partial charge on any atom is 0.166 e. The first-order chi connectivity index (χ1) is 10.6. The van der Waals surface area contributed by atoms with Crippen molar-refractivity contribution in [2.24, 2.45) is 0 Å². The molecule has 0 radical (unpaired) electrons. The van der Waals surface area contributed by atoms with E-state index in [0.29, 0.717) is 12.0 Å². The fourth-order valence-electron chi connectivity index (χ4n) is 2.79. The summed E-state index contributed by atoms with van der Waals surface area (Å²) in [6.07, 6.45) is 13.2. The number of carbonyl (C=O) groups is 1. The van der Waals surface area contributed by atoms with E-state index in [1.54, 1.807) is 12.1 Å². The van der Waals surface area contributed by atoms with Crippen molar-refractivity contribution in [1.82, 2.24) is 0 Å². The Balaban J connectivity index is 2.06. The van der Waals surface area contributed by atoms with Crippen LogP contribution in [0.5, 0.6) is 5.75 Å². The van der Waals surface area contributed by atoms with Crippen LogP contribution in [0.15, 0.2) is 18.2 Å². The number of phenolic OH excluding ortho intramolecular Hbond substituents is 1. The van der Waals surface area contributed by atoms with Gasteiger partial charge in [-0.3, -0.25) is 4.79 Å². The Bertz CT molecular complexity index is 437. The van der Waals surface area contributed by atoms with Gasteiger partial charge in [0.2, 0.25) is 0 Å². The van der Waals surface area contributed by atoms with Crippen molar-refractivity contribution in [2.45, 2.75) is 84.5 Å². The standard InChI is InChI=1S/C20H32O2/c1-3-4-5-6-7-8-9-10-11-12-13-19(21)18-15-14-17(2)16-20(18)22/h14-16,22H,3-13H2,1-2H3. The van der Waals surface area contributed by atoms with Gasteiger partial charge in [0.1, 0.15) is 5.75 Å². The molecule has 0 bridgehead atoms. The average Bonchev–Trinajstić information content (AvgIpc) is 2.49. The number of aryl methyl sites for hydroxylation is 1. The van der Waals surface area contributed by atoms with Crippen molar-refractivity contribution in [1.29, 1.82) is 0 Å². The Morgan fingerprint density at radius 2 is 1.45 bits per heavy atom. The molecule has 0 saturated heterocycles. The molecule has 124 valence electrons. The van der Waals surface area contributed by atoms with E-state index in [4.69, 9.17) is 0 Å². The Labute approximate surface area is 135 Å². The highest BCUT2D eigenvalue weighted by Gasteiger charge is 2.10. The number of phenols is 1. The van der Waals surface area contributed by atoms with Crippen LogP contribution in [0.4, 0.5) is 0 Å². The van der Waals surface area contributed by atoms with Crippen molar-refractivity contribution in [3.05, 3.63) is 29.3 Å². The number of unbranched alkanes of at least 4 members (excludes halogenated alkanes) is 9. The second-order valence-corrected chi connectivity index (χ2v) is 6.38. The van der Waals surface area contributed by atoms with Crippen LogP contribution in [0.2, 0.25) is 0 Å². The minimum absolute atomic E-state index is 0.0667. The Morgan fingerprint density at radius 1 is 0.909 bits per heavy atom. The number of rotatable bonds is 12. The Kier molecular flexibility index (Phi) is 9.61. The molecule has 2 nitrogen and oxygen atoms in total. The number of carbonyl (C=O) groups excluding carboxylic acids is 1. The van der Waals surface area contributed by atoms with Gasteiger partial charge in [0.05, 0.1) is 5.56 Å². The molecule has 0 heterocycles. The molecule has 2 heteroatoms. The van der Waals surface area contributed by atoms with Gasteiger partial charge in [-0.15, -0.1) is 0 Å². The third kappa shape index (κ3) is 7.63. The van der Waals surface area contributed by atoms with Gasteiger partial charge in [-0.2, -0.15) is 0 Å². The van der Waals surface area contributed by atoms with Crippen LogP contribution < -0.4 is 0 Å². The molecule has 0 aliphatic rings. The van der Waals surface area contributed by atoms with Gasteiger partial charge in [0, 0.05) is 6.42 Å². The maximum absolute atomic E-state index is 12.1. The smallest absolute Gasteiger partial charge is 0.166 e. The summed E-state index contributed by atoms with van der Waals surface area (Å²) in [5.41, 5.74) is 1.45. The van der Waals surface area contributed by atoms with Gasteiger partial charge in [-0.05, 0) is 31.0 Å². The number of hydrogen-bond acceptors (Lipinski definition) is 2. The highest BCUT2D eigenvalue weighted by atomic mass is 16.3. The minimum Gasteiger partial charge on any atom is -0.507 e. The highest BCUT2D eigenvalue weighted by molar-refractivity contribution is 5.98. The molecule has 0 aromatic heterocycles. The summed E-state index contributed by atoms with van der Waals surface area (Å²) in [7, 11) is 0. The SMILES string of the molecule is CCCCCCCCCCCCC(=O)c1ccc(C)cc1O. The molecule has 0 aliphatic carbocycles. The van der Waals surface area contributed by atoms with Crippen LogP contribution in [0.1, 0.15) is 93.5 Å². The summed E-state index contributed by atoms with van der Waals surface area (Å²) in [6, 6.07) is 5.28. The van der Waals surface area contributed by atoms with Crippen molar-refractivity contribution >= 4 is 5.78 Å². The molecule has 0 atom stereocenters. The largest absolute Gasteiger partial charge is 0.507 e. The van der Waals surface area contributed by atoms with Crippen LogP contribution in [0.3, 0.4) is 0 Å². The summed E-state index contributed by atoms with van der Waals surface area (Å²) in [5.74, 6) is 0.189. The second kappa shape index (κ2) is 11.3. The summed E-state index contributed by atoms with van der Waals surface area (Å²) in [4.78, 5) is 12.1. The van der Waals surface area contributed by atoms with Gasteiger partial charge in [0.15, 0.2) is 5.78 Å². The zero-order valence-electron chi connectivity index (χ0n) is 14.4. The number of aromatic hydroxyl groups is 1. The maximum atomic E-state index is 12.1. The first kappa shape index (κ1) is 18.7. The molecule has 1 N–H and O–H groups in total. The van der Waals surface area contributed by atoms with Crippen LogP contribution in [0, 0.1) is 6.92 Å². The molecule has 0 aliphatic heterocycles. The van der Waals surface area contributed by atoms with Crippen LogP contribution in [-0.2, 0) is 0 Å². The van der Waals surface area contributed by atoms with E-state index in [1.807, 2.05) is 13.0 Å². The van der Waals surface area contributed by atoms with Crippen LogP contribution in [0.25, 0.3) is 0 Å². The molecule has 0 spiro atoms. The number of benzene rings is 1. The lowest BCUT2D eigenvalue weighted by Gasteiger charge is -2.05. The number of Topliss-reactive ketones (excluding diaryl/α,β-unsaturated/α-hetero) is 1. The molecule has 22 heavy (non-hydrogen) atoms. The second-order valence-electron chi connectivity index (χ2n) is 6.38. The zero-order chi connectivity index (χ0) is 16.2. The van der Waals surface area contributed by atoms with Crippen LogP contribution in [-0.4, -0.2) is 10.9 Å². The Hall–Kier alpha value is -1.31. The zero-order valence-corrected chi connectivity index (χ0v) is 14.4. The molecule has 0 unspecified atom stereocenters. The third-order valence-electron chi connectivity index (χ3n) is 4.21. The first-order valence-electron chi connectivity index (χ1n) is 8.98. The fraction of sp³-hybridized carbons (Fsp3) is 0.650. The fourth-order valence-corrected chi connectivity index (χ4v) is 2.79. The van der Waals surface area contributed by atoms with E-state index in [1.165, 1.54) is 51.4 Å². The molecule has 1 aromatic carbocycles. The van der Waals surface area contributed by atoms with Crippen molar-refractivity contribution < 1.29 is 9.90 Å². The van der Waals surface area contributed by atoms with Gasteiger partial charge >= 0.3 is 0 Å². The molecular weight excluding hydrogens is 272 g/mol. The topological polar surface area (TPSA) is 37.3 Å². The monoisotopic (exact) mass is 304 g/mol. The normalized spacial score (nSPS) is 10.8. The first-order valence-corrected chi connectivity index (χ1v) is 8.98. The van der Waals surface area contributed by atoms with E-state index < -0.39 is 0 Å². The highest BCUT2D eigenvalue weighted by Crippen LogP contribution is 2.21. The van der Waals surface area contributed by atoms with Gasteiger partial charge in [0.25, 0.3) is 0 Å². The number of hydrogen-bond donors (Lipinski definition) is 1. The molecule has 0 amide bonds. The van der Waals surface area contributed by atoms with Crippen molar-refractivity contribution in [2.75, 3.05) is 0 Å². The molecule has 1 rings (SSSR count). The molecule has 0 saturated carbocycles. The van der Waals surface area contributed by atoms with E-state index in [2.05, 4.69) is 6.92 Å². The molecule has 0 fully saturated rings. The lowest BCUT2D eigenvalue weighted by molar-refractivity contribution is 0.0976. The molecule has 1 aromatic rings. The average molecular weight is 304 g/mol. The summed E-state index contributed by atoms with van der Waals surface area (Å²) < 4.78 is 0. The summed E-state index contributed by atoms with van der Waals surface area (Å²) >= 11 is 0. The quantitative estimate of drug-likeness (QED) is 0.369. The van der Waals surface area contributed by atoms with E-state index in [9.17, 15) is 9.90 Å². The minimum atomic E-state index is 0.0667. The van der Waals surface area contributed by atoms with Gasteiger partial charge < -0.3 is 5.11 Å². The predicted octanol–water partition coefficient (Wildman–Crippen LogP) is 6.19. The summed E-state index contributed by atoms with van der Waals surface area (Å²) in [6.45, 7) is 4.16. The lowest BCUT2D eigenvalue weighted by atomic mass is 10.0. The molecular formula is C20H32O2. The van der Waals surface area contributed by atoms with Gasteiger partial charge in [-0.1, -0.05) is 70.8 Å². The van der Waals surface area contributed by atoms with Crippen molar-refractivity contribution in [3.8, 4) is 5.75 Å². The summed E-state index contributed by atoms with van der Waals surface area (Å²) in [5, 5.41) is 9.80. The lowest BCUT2D eigenvalue weighted by Crippen LogP contribution is -1.99. The van der Waals surface area contributed by atoms with E-state index >= 15 is 0 Å². The van der Waals surface area contributed by atoms with Crippen molar-refractivity contribution in [3.63, 3.8) is 0 Å². The third-order valence-corrected chi connectivity index (χ3v) is 4.21. The van der Waals surface area contributed by atoms with E-state index in [0.717, 1.165) is 18.4 Å². The predicted molar refractivity (Wildman–Crippen MR) is 93.6 cm³/mol. The Morgan fingerprint density at radius 3 is 2.00 bits per heavy atom. The number of ketones is 1. The van der Waals surface area contributed by atoms with Crippen LogP contribution >= 0.6 is 0 Å².